The monoisotopic (exact) mass is 497 g/mol. The van der Waals surface area contributed by atoms with Crippen molar-refractivity contribution < 1.29 is 19.1 Å². The number of anilines is 3. The van der Waals surface area contributed by atoms with Crippen molar-refractivity contribution in [1.29, 1.82) is 0 Å². The third-order valence-electron chi connectivity index (χ3n) is 4.19. The van der Waals surface area contributed by atoms with Crippen LogP contribution in [0.1, 0.15) is 41.5 Å². The summed E-state index contributed by atoms with van der Waals surface area (Å²) in [6.07, 6.45) is 4.84. The highest BCUT2D eigenvalue weighted by molar-refractivity contribution is 6.31. The summed E-state index contributed by atoms with van der Waals surface area (Å²) in [7, 11) is 0. The molecule has 0 aliphatic carbocycles. The van der Waals surface area contributed by atoms with Crippen molar-refractivity contribution in [3.05, 3.63) is 60.1 Å². The molecule has 1 aromatic carbocycles. The van der Waals surface area contributed by atoms with Crippen molar-refractivity contribution in [2.75, 3.05) is 10.2 Å². The number of hydrogen-bond donors (Lipinski definition) is 1. The van der Waals surface area contributed by atoms with Crippen LogP contribution in [0.4, 0.5) is 26.8 Å². The van der Waals surface area contributed by atoms with Gasteiger partial charge in [0.2, 0.25) is 0 Å². The van der Waals surface area contributed by atoms with E-state index in [9.17, 15) is 9.59 Å². The highest BCUT2D eigenvalue weighted by atomic mass is 35.5. The van der Waals surface area contributed by atoms with Crippen molar-refractivity contribution >= 4 is 41.0 Å². The van der Waals surface area contributed by atoms with E-state index in [4.69, 9.17) is 21.1 Å². The van der Waals surface area contributed by atoms with Gasteiger partial charge in [-0.1, -0.05) is 17.7 Å². The summed E-state index contributed by atoms with van der Waals surface area (Å²) < 4.78 is 10.8. The van der Waals surface area contributed by atoms with E-state index < -0.39 is 23.4 Å². The van der Waals surface area contributed by atoms with Gasteiger partial charge in [0.05, 0.1) is 35.7 Å². The van der Waals surface area contributed by atoms with E-state index in [0.717, 1.165) is 0 Å². The molecule has 0 atom stereocenters. The molecule has 3 aromatic rings. The summed E-state index contributed by atoms with van der Waals surface area (Å²) in [6, 6.07) is 8.49. The fraction of sp³-hybridized carbons (Fsp3) is 0.320. The lowest BCUT2D eigenvalue weighted by atomic mass is 10.2. The highest BCUT2D eigenvalue weighted by Crippen LogP contribution is 2.29. The van der Waals surface area contributed by atoms with E-state index in [2.05, 4.69) is 20.3 Å². The van der Waals surface area contributed by atoms with E-state index in [1.165, 1.54) is 23.5 Å². The summed E-state index contributed by atoms with van der Waals surface area (Å²) in [6.45, 7) is 10.7. The van der Waals surface area contributed by atoms with Crippen molar-refractivity contribution in [2.24, 2.45) is 0 Å². The summed E-state index contributed by atoms with van der Waals surface area (Å²) in [5.74, 6) is 0.251. The van der Waals surface area contributed by atoms with Crippen LogP contribution in [0.2, 0.25) is 5.02 Å². The van der Waals surface area contributed by atoms with Crippen LogP contribution in [-0.4, -0.2) is 38.3 Å². The second-order valence-electron chi connectivity index (χ2n) is 9.64. The third kappa shape index (κ3) is 7.65. The van der Waals surface area contributed by atoms with Crippen LogP contribution in [0, 0.1) is 0 Å². The van der Waals surface area contributed by atoms with Crippen molar-refractivity contribution in [1.82, 2.24) is 15.0 Å². The molecule has 0 spiro atoms. The first-order valence-corrected chi connectivity index (χ1v) is 11.2. The molecule has 0 fully saturated rings. The van der Waals surface area contributed by atoms with Gasteiger partial charge >= 0.3 is 12.2 Å². The normalized spacial score (nSPS) is 11.5. The lowest BCUT2D eigenvalue weighted by Gasteiger charge is -2.26. The van der Waals surface area contributed by atoms with E-state index in [-0.39, 0.29) is 5.82 Å². The Morgan fingerprint density at radius 1 is 0.914 bits per heavy atom. The summed E-state index contributed by atoms with van der Waals surface area (Å²) in [5, 5.41) is 3.11. The third-order valence-corrected chi connectivity index (χ3v) is 4.42. The number of carbonyl (C=O) groups excluding carboxylic acids is 2. The first kappa shape index (κ1) is 25.9. The van der Waals surface area contributed by atoms with Gasteiger partial charge < -0.3 is 9.47 Å². The maximum atomic E-state index is 13.0. The van der Waals surface area contributed by atoms with Gasteiger partial charge in [-0.3, -0.25) is 15.3 Å². The zero-order valence-electron chi connectivity index (χ0n) is 20.5. The molecular weight excluding hydrogens is 470 g/mol. The lowest BCUT2D eigenvalue weighted by Crippen LogP contribution is -2.34. The molecule has 0 bridgehead atoms. The Kier molecular flexibility index (Phi) is 7.60. The average molecular weight is 498 g/mol. The Morgan fingerprint density at radius 3 is 2.23 bits per heavy atom. The Hall–Kier alpha value is -3.72. The minimum atomic E-state index is -0.714. The molecule has 3 rings (SSSR count). The van der Waals surface area contributed by atoms with Crippen molar-refractivity contribution in [3.63, 3.8) is 0 Å². The fourth-order valence-corrected chi connectivity index (χ4v) is 3.09. The van der Waals surface area contributed by atoms with Gasteiger partial charge in [0.1, 0.15) is 11.2 Å². The standard InChI is InChI=1S/C25H28ClN5O4/c1-24(2,3)34-22(32)30-18-10-16(12-27-13-18)20-14-29-21(15-28-20)31(23(33)35-25(4,5)6)19-9-7-8-17(26)11-19/h7-15H,1-6H3,(H,30,32). The molecule has 1 N–H and O–H groups in total. The van der Waals surface area contributed by atoms with Crippen LogP contribution < -0.4 is 10.2 Å². The van der Waals surface area contributed by atoms with Gasteiger partial charge in [-0.05, 0) is 65.8 Å². The quantitative estimate of drug-likeness (QED) is 0.432. The molecule has 2 aromatic heterocycles. The molecule has 0 unspecified atom stereocenters. The number of hydrogen-bond acceptors (Lipinski definition) is 7. The molecule has 2 heterocycles. The molecule has 184 valence electrons. The first-order chi connectivity index (χ1) is 16.3. The molecule has 0 aliphatic heterocycles. The van der Waals surface area contributed by atoms with Gasteiger partial charge in [-0.15, -0.1) is 0 Å². The molecular formula is C25H28ClN5O4. The topological polar surface area (TPSA) is 107 Å². The van der Waals surface area contributed by atoms with Crippen LogP contribution in [-0.2, 0) is 9.47 Å². The molecule has 9 nitrogen and oxygen atoms in total. The number of ether oxygens (including phenoxy) is 2. The highest BCUT2D eigenvalue weighted by Gasteiger charge is 2.26. The maximum absolute atomic E-state index is 13.0. The molecule has 0 saturated carbocycles. The second kappa shape index (κ2) is 10.3. The Balaban J connectivity index is 1.88. The van der Waals surface area contributed by atoms with Crippen LogP contribution in [0.3, 0.4) is 0 Å². The number of pyridine rings is 1. The van der Waals surface area contributed by atoms with Gasteiger partial charge in [-0.25, -0.2) is 19.5 Å². The summed E-state index contributed by atoms with van der Waals surface area (Å²) in [4.78, 5) is 39.4. The number of carbonyl (C=O) groups is 2. The number of amides is 2. The van der Waals surface area contributed by atoms with Crippen molar-refractivity contribution in [2.45, 2.75) is 52.7 Å². The summed E-state index contributed by atoms with van der Waals surface area (Å²) in [5.41, 5.74) is 0.693. The predicted molar refractivity (Wildman–Crippen MR) is 135 cm³/mol. The molecule has 0 aliphatic rings. The van der Waals surface area contributed by atoms with E-state index in [0.29, 0.717) is 27.7 Å². The number of halogens is 1. The SMILES string of the molecule is CC(C)(C)OC(=O)Nc1cncc(-c2cnc(N(C(=O)OC(C)(C)C)c3cccc(Cl)c3)cn2)c1. The van der Waals surface area contributed by atoms with Crippen molar-refractivity contribution in [3.8, 4) is 11.3 Å². The number of nitrogens with zero attached hydrogens (tertiary/aromatic N) is 4. The van der Waals surface area contributed by atoms with Crippen LogP contribution in [0.25, 0.3) is 11.3 Å². The van der Waals surface area contributed by atoms with E-state index in [1.807, 2.05) is 0 Å². The maximum Gasteiger partial charge on any atom is 0.420 e. The van der Waals surface area contributed by atoms with E-state index in [1.54, 1.807) is 78.1 Å². The molecule has 2 amide bonds. The van der Waals surface area contributed by atoms with Gasteiger partial charge in [-0.2, -0.15) is 0 Å². The first-order valence-electron chi connectivity index (χ1n) is 10.9. The molecule has 0 radical (unpaired) electrons. The molecule has 10 heteroatoms. The lowest BCUT2D eigenvalue weighted by molar-refractivity contribution is 0.0595. The molecule has 0 saturated heterocycles. The van der Waals surface area contributed by atoms with Gasteiger partial charge in [0, 0.05) is 16.8 Å². The fourth-order valence-electron chi connectivity index (χ4n) is 2.91. The number of aromatic nitrogens is 3. The van der Waals surface area contributed by atoms with E-state index >= 15 is 0 Å². The second-order valence-corrected chi connectivity index (χ2v) is 10.1. The van der Waals surface area contributed by atoms with Gasteiger partial charge in [0.15, 0.2) is 5.82 Å². The van der Waals surface area contributed by atoms with Crippen LogP contribution in [0.15, 0.2) is 55.1 Å². The van der Waals surface area contributed by atoms with Crippen LogP contribution >= 0.6 is 11.6 Å². The Morgan fingerprint density at radius 2 is 1.63 bits per heavy atom. The Bertz CT molecular complexity index is 1200. The number of nitrogens with one attached hydrogen (secondary N) is 1. The smallest absolute Gasteiger partial charge is 0.420 e. The minimum Gasteiger partial charge on any atom is -0.444 e. The predicted octanol–water partition coefficient (Wildman–Crippen LogP) is 6.61. The number of benzene rings is 1. The van der Waals surface area contributed by atoms with Gasteiger partial charge in [0.25, 0.3) is 0 Å². The van der Waals surface area contributed by atoms with Crippen LogP contribution in [0.5, 0.6) is 0 Å². The largest absolute Gasteiger partial charge is 0.444 e. The molecule has 35 heavy (non-hydrogen) atoms. The summed E-state index contributed by atoms with van der Waals surface area (Å²) >= 11 is 6.14. The number of rotatable bonds is 4. The minimum absolute atomic E-state index is 0.251. The zero-order chi connectivity index (χ0) is 25.8. The Labute approximate surface area is 209 Å². The zero-order valence-corrected chi connectivity index (χ0v) is 21.3. The average Bonchev–Trinajstić information content (AvgIpc) is 2.72.